The van der Waals surface area contributed by atoms with Gasteiger partial charge in [-0.3, -0.25) is 4.57 Å². The van der Waals surface area contributed by atoms with Crippen LogP contribution in [0.2, 0.25) is 0 Å². The van der Waals surface area contributed by atoms with Crippen molar-refractivity contribution >= 4 is 37.2 Å². The first-order valence-corrected chi connectivity index (χ1v) is 8.27. The number of nitrogens with two attached hydrogens (primary N) is 1. The molecule has 0 amide bonds. The van der Waals surface area contributed by atoms with E-state index in [2.05, 4.69) is 24.3 Å². The summed E-state index contributed by atoms with van der Waals surface area (Å²) < 4.78 is 24.8. The van der Waals surface area contributed by atoms with Gasteiger partial charge < -0.3 is 19.9 Å². The van der Waals surface area contributed by atoms with E-state index >= 15 is 0 Å². The van der Waals surface area contributed by atoms with Crippen LogP contribution in [0, 0.1) is 4.91 Å². The number of fused-ring (bicyclic) bond motifs is 1. The number of hydrogen-bond acceptors (Lipinski definition) is 11. The van der Waals surface area contributed by atoms with Crippen LogP contribution in [0.25, 0.3) is 11.2 Å². The summed E-state index contributed by atoms with van der Waals surface area (Å²) in [7, 11) is 1.56. The standard InChI is InChI=1S/C12H18BN7O4S/c1-12(2)22-8(6(24-13)3-18-25-19-21)11(23-12)20-5-17-7-9(14)15-4-16-10(7)20/h4-6,8,11,18H,3,13H2,1-2H3,(H2,14,15,16). The molecule has 1 saturated heterocycles. The lowest BCUT2D eigenvalue weighted by Crippen LogP contribution is -2.41. The summed E-state index contributed by atoms with van der Waals surface area (Å²) in [5.41, 5.74) is 6.87. The molecule has 0 aliphatic carbocycles. The van der Waals surface area contributed by atoms with Crippen LogP contribution in [0.3, 0.4) is 0 Å². The van der Waals surface area contributed by atoms with Gasteiger partial charge in [-0.2, -0.15) is 0 Å². The van der Waals surface area contributed by atoms with Crippen molar-refractivity contribution in [3.8, 4) is 0 Å². The smallest absolute Gasteiger partial charge is 0.257 e. The minimum atomic E-state index is -0.836. The molecule has 25 heavy (non-hydrogen) atoms. The van der Waals surface area contributed by atoms with E-state index in [1.165, 1.54) is 6.33 Å². The van der Waals surface area contributed by atoms with E-state index in [4.69, 9.17) is 19.9 Å². The molecule has 3 atom stereocenters. The molecule has 2 aromatic heterocycles. The highest BCUT2D eigenvalue weighted by Gasteiger charge is 2.46. The van der Waals surface area contributed by atoms with Crippen LogP contribution >= 0.6 is 12.1 Å². The van der Waals surface area contributed by atoms with Gasteiger partial charge in [0.1, 0.15) is 30.1 Å². The molecular formula is C12H18BN7O4S. The second kappa shape index (κ2) is 7.21. The summed E-state index contributed by atoms with van der Waals surface area (Å²) in [5, 5.41) is 0. The van der Waals surface area contributed by atoms with Gasteiger partial charge in [0.2, 0.25) is 0 Å². The quantitative estimate of drug-likeness (QED) is 0.295. The van der Waals surface area contributed by atoms with Crippen LogP contribution in [0.5, 0.6) is 0 Å². The lowest BCUT2D eigenvalue weighted by Gasteiger charge is -2.26. The highest BCUT2D eigenvalue weighted by molar-refractivity contribution is 7.95. The molecule has 0 spiro atoms. The summed E-state index contributed by atoms with van der Waals surface area (Å²) in [4.78, 5) is 22.7. The van der Waals surface area contributed by atoms with Gasteiger partial charge in [0.15, 0.2) is 23.5 Å². The van der Waals surface area contributed by atoms with Crippen LogP contribution in [0.4, 0.5) is 5.82 Å². The van der Waals surface area contributed by atoms with Gasteiger partial charge in [0.25, 0.3) is 8.05 Å². The largest absolute Gasteiger partial charge is 0.437 e. The zero-order valence-electron chi connectivity index (χ0n) is 13.9. The topological polar surface area (TPSA) is 139 Å². The first-order chi connectivity index (χ1) is 12.0. The molecule has 1 aliphatic rings. The first kappa shape index (κ1) is 18.0. The fraction of sp³-hybridized carbons (Fsp3) is 0.583. The molecule has 0 saturated carbocycles. The fourth-order valence-electron chi connectivity index (χ4n) is 2.78. The maximum absolute atomic E-state index is 10.2. The van der Waals surface area contributed by atoms with Crippen molar-refractivity contribution < 1.29 is 14.1 Å². The number of anilines is 1. The average molecular weight is 367 g/mol. The van der Waals surface area contributed by atoms with E-state index in [0.29, 0.717) is 29.8 Å². The number of nitrogen functional groups attached to an aromatic ring is 1. The second-order valence-corrected chi connectivity index (χ2v) is 6.48. The van der Waals surface area contributed by atoms with Crippen LogP contribution < -0.4 is 10.5 Å². The first-order valence-electron chi connectivity index (χ1n) is 7.50. The Balaban J connectivity index is 1.93. The van der Waals surface area contributed by atoms with Gasteiger partial charge in [-0.15, -0.1) is 4.91 Å². The number of imidazole rings is 1. The highest BCUT2D eigenvalue weighted by Crippen LogP contribution is 2.38. The predicted octanol–water partition coefficient (Wildman–Crippen LogP) is -0.0889. The second-order valence-electron chi connectivity index (χ2n) is 5.86. The molecule has 0 radical (unpaired) electrons. The summed E-state index contributed by atoms with van der Waals surface area (Å²) in [6.07, 6.45) is 1.52. The molecule has 13 heteroatoms. The summed E-state index contributed by atoms with van der Waals surface area (Å²) in [6, 6.07) is 0. The molecule has 0 bridgehead atoms. The molecule has 3 rings (SSSR count). The molecule has 1 aliphatic heterocycles. The molecule has 2 aromatic rings. The van der Waals surface area contributed by atoms with Crippen molar-refractivity contribution in [3.63, 3.8) is 0 Å². The van der Waals surface area contributed by atoms with Gasteiger partial charge >= 0.3 is 0 Å². The van der Waals surface area contributed by atoms with Gasteiger partial charge in [-0.05, 0) is 13.8 Å². The van der Waals surface area contributed by atoms with Crippen molar-refractivity contribution in [2.75, 3.05) is 12.3 Å². The molecule has 3 N–H and O–H groups in total. The predicted molar refractivity (Wildman–Crippen MR) is 93.6 cm³/mol. The normalized spacial score (nSPS) is 23.8. The molecule has 11 nitrogen and oxygen atoms in total. The van der Waals surface area contributed by atoms with Crippen LogP contribution in [-0.4, -0.2) is 52.1 Å². The van der Waals surface area contributed by atoms with Crippen LogP contribution in [0.15, 0.2) is 17.2 Å². The van der Waals surface area contributed by atoms with Crippen LogP contribution in [-0.2, 0) is 14.1 Å². The monoisotopic (exact) mass is 367 g/mol. The Labute approximate surface area is 148 Å². The maximum Gasteiger partial charge on any atom is 0.257 e. The molecule has 3 unspecified atom stereocenters. The third-order valence-electron chi connectivity index (χ3n) is 3.82. The van der Waals surface area contributed by atoms with Crippen molar-refractivity contribution in [3.05, 3.63) is 17.6 Å². The zero-order chi connectivity index (χ0) is 18.0. The van der Waals surface area contributed by atoms with Crippen LogP contribution in [0.1, 0.15) is 20.1 Å². The molecule has 1 fully saturated rings. The number of rotatable bonds is 7. The van der Waals surface area contributed by atoms with Crippen molar-refractivity contribution in [2.24, 2.45) is 4.58 Å². The minimum Gasteiger partial charge on any atom is -0.437 e. The zero-order valence-corrected chi connectivity index (χ0v) is 14.8. The third kappa shape index (κ3) is 3.60. The van der Waals surface area contributed by atoms with Crippen molar-refractivity contribution in [1.29, 1.82) is 0 Å². The summed E-state index contributed by atoms with van der Waals surface area (Å²) in [5.74, 6) is -0.547. The molecule has 3 heterocycles. The number of ether oxygens (including phenoxy) is 2. The van der Waals surface area contributed by atoms with Gasteiger partial charge in [-0.25, -0.2) is 19.7 Å². The number of nitrogens with one attached hydrogen (secondary N) is 1. The average Bonchev–Trinajstić information content (AvgIpc) is 3.13. The number of aromatic nitrogens is 4. The number of hydrogen-bond donors (Lipinski definition) is 2. The third-order valence-corrected chi connectivity index (χ3v) is 4.19. The molecule has 0 aromatic carbocycles. The maximum atomic E-state index is 10.2. The Morgan fingerprint density at radius 2 is 2.32 bits per heavy atom. The van der Waals surface area contributed by atoms with E-state index < -0.39 is 24.2 Å². The SMILES string of the molecule is BOC(CNSN=O)C1OC(C)(C)OC1n1cnc2c(N)ncnc21. The Bertz CT molecular complexity index is 760. The Morgan fingerprint density at radius 3 is 3.04 bits per heavy atom. The van der Waals surface area contributed by atoms with E-state index in [1.54, 1.807) is 18.9 Å². The number of nitrogens with zero attached hydrogens (tertiary/aromatic N) is 5. The van der Waals surface area contributed by atoms with Gasteiger partial charge in [0, 0.05) is 11.1 Å². The lowest BCUT2D eigenvalue weighted by molar-refractivity contribution is -0.157. The lowest BCUT2D eigenvalue weighted by atomic mass is 10.1. The summed E-state index contributed by atoms with van der Waals surface area (Å²) in [6.45, 7) is 3.95. The van der Waals surface area contributed by atoms with E-state index in [0.717, 1.165) is 0 Å². The fourth-order valence-corrected chi connectivity index (χ4v) is 3.07. The Kier molecular flexibility index (Phi) is 5.20. The van der Waals surface area contributed by atoms with Crippen molar-refractivity contribution in [2.45, 2.75) is 38.1 Å². The van der Waals surface area contributed by atoms with Gasteiger partial charge in [0.05, 0.1) is 12.4 Å². The Morgan fingerprint density at radius 1 is 1.52 bits per heavy atom. The van der Waals surface area contributed by atoms with E-state index in [-0.39, 0.29) is 5.82 Å². The van der Waals surface area contributed by atoms with E-state index in [9.17, 15) is 4.91 Å². The van der Waals surface area contributed by atoms with Gasteiger partial charge in [-0.1, -0.05) is 0 Å². The summed E-state index contributed by atoms with van der Waals surface area (Å²) >= 11 is 0.700. The molecule has 134 valence electrons. The highest BCUT2D eigenvalue weighted by atomic mass is 32.2. The minimum absolute atomic E-state index is 0.289. The number of nitroso groups, excluding NO2 is 1. The molecular weight excluding hydrogens is 349 g/mol. The van der Waals surface area contributed by atoms with E-state index in [1.807, 2.05) is 13.8 Å². The van der Waals surface area contributed by atoms with Crippen molar-refractivity contribution in [1.82, 2.24) is 24.2 Å². The Hall–Kier alpha value is -1.80.